The lowest BCUT2D eigenvalue weighted by Gasteiger charge is -2.27. The number of nitrogens with zero attached hydrogens (tertiary/aromatic N) is 4. The Morgan fingerprint density at radius 2 is 2.04 bits per heavy atom. The lowest BCUT2D eigenvalue weighted by Crippen LogP contribution is -2.25. The van der Waals surface area contributed by atoms with Gasteiger partial charge in [0.1, 0.15) is 11.1 Å². The Morgan fingerprint density at radius 1 is 1.19 bits per heavy atom. The lowest BCUT2D eigenvalue weighted by molar-refractivity contribution is 0.0328. The number of benzene rings is 1. The molecule has 0 amide bonds. The number of ether oxygens (including phenoxy) is 1. The van der Waals surface area contributed by atoms with E-state index in [4.69, 9.17) is 4.74 Å². The Balaban J connectivity index is 1.34. The second-order valence-corrected chi connectivity index (χ2v) is 7.92. The van der Waals surface area contributed by atoms with Crippen LogP contribution in [0.2, 0.25) is 0 Å². The van der Waals surface area contributed by atoms with Crippen molar-refractivity contribution in [1.82, 2.24) is 20.0 Å². The normalized spacial score (nSPS) is 26.4. The Morgan fingerprint density at radius 3 is 2.89 bits per heavy atom. The molecule has 138 valence electrons. The molecule has 2 aliphatic rings. The Kier molecular flexibility index (Phi) is 3.67. The summed E-state index contributed by atoms with van der Waals surface area (Å²) in [5, 5.41) is 12.1. The van der Waals surface area contributed by atoms with Gasteiger partial charge >= 0.3 is 0 Å². The summed E-state index contributed by atoms with van der Waals surface area (Å²) >= 11 is 0. The van der Waals surface area contributed by atoms with Crippen LogP contribution in [0.5, 0.6) is 0 Å². The highest BCUT2D eigenvalue weighted by molar-refractivity contribution is 5.76. The highest BCUT2D eigenvalue weighted by Crippen LogP contribution is 2.58. The molecule has 1 N–H and O–H groups in total. The van der Waals surface area contributed by atoms with E-state index in [0.717, 1.165) is 48.2 Å². The van der Waals surface area contributed by atoms with E-state index in [9.17, 15) is 0 Å². The first kappa shape index (κ1) is 16.3. The zero-order valence-electron chi connectivity index (χ0n) is 15.3. The van der Waals surface area contributed by atoms with Crippen molar-refractivity contribution in [3.63, 3.8) is 0 Å². The van der Waals surface area contributed by atoms with Crippen LogP contribution in [-0.4, -0.2) is 32.1 Å². The molecule has 0 saturated heterocycles. The van der Waals surface area contributed by atoms with Crippen LogP contribution in [0.3, 0.4) is 0 Å². The quantitative estimate of drug-likeness (QED) is 0.670. The maximum absolute atomic E-state index is 5.87. The van der Waals surface area contributed by atoms with Crippen molar-refractivity contribution in [3.8, 4) is 5.69 Å². The summed E-state index contributed by atoms with van der Waals surface area (Å²) in [6.07, 6.45) is 11.1. The second-order valence-electron chi connectivity index (χ2n) is 7.92. The molecule has 6 heteroatoms. The molecule has 0 unspecified atom stereocenters. The molecule has 2 aromatic heterocycles. The number of pyridine rings is 1. The van der Waals surface area contributed by atoms with Crippen LogP contribution in [0.4, 0.5) is 5.69 Å². The van der Waals surface area contributed by atoms with E-state index in [2.05, 4.69) is 33.3 Å². The molecular formula is C21H23N5O. The number of anilines is 1. The summed E-state index contributed by atoms with van der Waals surface area (Å²) in [7, 11) is 0. The highest BCUT2D eigenvalue weighted by Gasteiger charge is 2.55. The van der Waals surface area contributed by atoms with Crippen LogP contribution in [0.25, 0.3) is 16.7 Å². The summed E-state index contributed by atoms with van der Waals surface area (Å²) in [5.41, 5.74) is 4.13. The van der Waals surface area contributed by atoms with E-state index in [0.29, 0.717) is 5.41 Å². The first-order valence-corrected chi connectivity index (χ1v) is 9.50. The van der Waals surface area contributed by atoms with Gasteiger partial charge in [-0.3, -0.25) is 4.98 Å². The number of para-hydroxylation sites is 1. The van der Waals surface area contributed by atoms with Gasteiger partial charge in [0.15, 0.2) is 0 Å². The third-order valence-electron chi connectivity index (χ3n) is 6.24. The van der Waals surface area contributed by atoms with Crippen molar-refractivity contribution in [2.45, 2.75) is 37.7 Å². The van der Waals surface area contributed by atoms with Gasteiger partial charge in [0.2, 0.25) is 0 Å². The van der Waals surface area contributed by atoms with E-state index < -0.39 is 0 Å². The average molecular weight is 361 g/mol. The number of hydrogen-bond acceptors (Lipinski definition) is 5. The molecule has 6 nitrogen and oxygen atoms in total. The van der Waals surface area contributed by atoms with Crippen molar-refractivity contribution in [1.29, 1.82) is 0 Å². The van der Waals surface area contributed by atoms with Gasteiger partial charge in [0, 0.05) is 6.54 Å². The van der Waals surface area contributed by atoms with E-state index in [1.165, 1.54) is 12.8 Å². The monoisotopic (exact) mass is 361 g/mol. The molecule has 2 bridgehead atoms. The lowest BCUT2D eigenvalue weighted by atomic mass is 9.84. The molecule has 2 saturated carbocycles. The van der Waals surface area contributed by atoms with Gasteiger partial charge in [-0.25, -0.2) is 4.68 Å². The Bertz CT molecular complexity index is 987. The SMILES string of the molecule is C=COC12CCC(CNc3cncc(-n4nnc5ccccc54)c3)(CC1)C2. The number of nitrogens with one attached hydrogen (secondary N) is 1. The number of aromatic nitrogens is 4. The molecule has 0 radical (unpaired) electrons. The molecule has 0 atom stereocenters. The highest BCUT2D eigenvalue weighted by atomic mass is 16.5. The first-order valence-electron chi connectivity index (χ1n) is 9.50. The zero-order chi connectivity index (χ0) is 18.3. The van der Waals surface area contributed by atoms with Crippen LogP contribution in [0.15, 0.2) is 55.6 Å². The third kappa shape index (κ3) is 2.76. The van der Waals surface area contributed by atoms with Crippen molar-refractivity contribution >= 4 is 16.7 Å². The van der Waals surface area contributed by atoms with E-state index in [1.807, 2.05) is 41.3 Å². The van der Waals surface area contributed by atoms with Crippen LogP contribution in [-0.2, 0) is 4.74 Å². The fourth-order valence-electron chi connectivity index (χ4n) is 4.84. The van der Waals surface area contributed by atoms with Gasteiger partial charge in [-0.15, -0.1) is 5.10 Å². The van der Waals surface area contributed by atoms with Crippen molar-refractivity contribution in [2.75, 3.05) is 11.9 Å². The zero-order valence-corrected chi connectivity index (χ0v) is 15.3. The Labute approximate surface area is 158 Å². The first-order chi connectivity index (χ1) is 13.2. The van der Waals surface area contributed by atoms with E-state index in [-0.39, 0.29) is 5.60 Å². The van der Waals surface area contributed by atoms with Crippen LogP contribution >= 0.6 is 0 Å². The molecule has 0 spiro atoms. The van der Waals surface area contributed by atoms with Crippen molar-refractivity contribution in [3.05, 3.63) is 55.6 Å². The van der Waals surface area contributed by atoms with Gasteiger partial charge in [0.25, 0.3) is 0 Å². The smallest absolute Gasteiger partial charge is 0.113 e. The van der Waals surface area contributed by atoms with Gasteiger partial charge in [-0.05, 0) is 55.7 Å². The molecule has 27 heavy (non-hydrogen) atoms. The number of fused-ring (bicyclic) bond motifs is 3. The van der Waals surface area contributed by atoms with Gasteiger partial charge in [-0.2, -0.15) is 0 Å². The minimum atomic E-state index is 0.0309. The van der Waals surface area contributed by atoms with Gasteiger partial charge in [0.05, 0.1) is 35.5 Å². The van der Waals surface area contributed by atoms with Crippen LogP contribution in [0, 0.1) is 5.41 Å². The van der Waals surface area contributed by atoms with E-state index >= 15 is 0 Å². The van der Waals surface area contributed by atoms with Crippen molar-refractivity contribution < 1.29 is 4.74 Å². The standard InChI is InChI=1S/C21H23N5O/c1-2-27-21-9-7-20(14-21,8-10-21)15-23-16-11-17(13-22-12-16)26-19-6-4-3-5-18(19)24-25-26/h2-6,11-13,23H,1,7-10,14-15H2. The average Bonchev–Trinajstić information content (AvgIpc) is 3.39. The van der Waals surface area contributed by atoms with Crippen LogP contribution in [0.1, 0.15) is 32.1 Å². The minimum Gasteiger partial charge on any atom is -0.495 e. The molecule has 2 fully saturated rings. The van der Waals surface area contributed by atoms with Crippen molar-refractivity contribution in [2.24, 2.45) is 5.41 Å². The summed E-state index contributed by atoms with van der Waals surface area (Å²) < 4.78 is 7.71. The molecule has 0 aliphatic heterocycles. The molecule has 5 rings (SSSR count). The maximum Gasteiger partial charge on any atom is 0.113 e. The summed E-state index contributed by atoms with van der Waals surface area (Å²) in [5.74, 6) is 0. The summed E-state index contributed by atoms with van der Waals surface area (Å²) in [4.78, 5) is 4.41. The fraction of sp³-hybridized carbons (Fsp3) is 0.381. The third-order valence-corrected chi connectivity index (χ3v) is 6.24. The van der Waals surface area contributed by atoms with Crippen LogP contribution < -0.4 is 5.32 Å². The molecule has 2 aliphatic carbocycles. The number of rotatable bonds is 6. The molecule has 3 aromatic rings. The largest absolute Gasteiger partial charge is 0.495 e. The minimum absolute atomic E-state index is 0.0309. The maximum atomic E-state index is 5.87. The fourth-order valence-corrected chi connectivity index (χ4v) is 4.84. The number of hydrogen-bond donors (Lipinski definition) is 1. The summed E-state index contributed by atoms with van der Waals surface area (Å²) in [6.45, 7) is 4.69. The molecule has 2 heterocycles. The summed E-state index contributed by atoms with van der Waals surface area (Å²) in [6, 6.07) is 10.0. The Hall–Kier alpha value is -2.89. The van der Waals surface area contributed by atoms with Gasteiger partial charge < -0.3 is 10.1 Å². The predicted octanol–water partition coefficient (Wildman–Crippen LogP) is 4.09. The second kappa shape index (κ2) is 6.08. The van der Waals surface area contributed by atoms with E-state index in [1.54, 1.807) is 6.26 Å². The molecule has 1 aromatic carbocycles. The molecular weight excluding hydrogens is 338 g/mol. The van der Waals surface area contributed by atoms with Gasteiger partial charge in [-0.1, -0.05) is 23.9 Å². The topological polar surface area (TPSA) is 64.9 Å². The predicted molar refractivity (Wildman–Crippen MR) is 105 cm³/mol.